The summed E-state index contributed by atoms with van der Waals surface area (Å²) in [5, 5.41) is 9.32. The molecule has 2 rings (SSSR count). The summed E-state index contributed by atoms with van der Waals surface area (Å²) in [5.41, 5.74) is 0. The van der Waals surface area contributed by atoms with Crippen LogP contribution in [0, 0.1) is 29.1 Å². The maximum atomic E-state index is 12.1. The van der Waals surface area contributed by atoms with Crippen LogP contribution in [0.25, 0.3) is 0 Å². The molecule has 0 heterocycles. The van der Waals surface area contributed by atoms with Crippen molar-refractivity contribution >= 4 is 11.4 Å². The standard InChI is InChI=1S/C13H22N2OS/c1-13(2,3)17(16)15-11(8-14)12(9-4-5-9)10-6-7-10/h9-12,15H,4-7H2,1-3H3/t11-,17?/m1/s1. The average molecular weight is 254 g/mol. The molecule has 17 heavy (non-hydrogen) atoms. The Kier molecular flexibility index (Phi) is 3.72. The third-order valence-corrected chi connectivity index (χ3v) is 5.23. The lowest BCUT2D eigenvalue weighted by Gasteiger charge is -2.29. The third kappa shape index (κ3) is 3.37. The van der Waals surface area contributed by atoms with Crippen molar-refractivity contribution in [2.75, 3.05) is 0 Å². The van der Waals surface area contributed by atoms with Crippen LogP contribution in [-0.2, 0) is 11.4 Å². The maximum absolute atomic E-state index is 12.1. The fraction of sp³-hybridized carbons (Fsp3) is 0.923. The maximum Gasteiger partial charge on any atom is 0.142 e. The second-order valence-corrected chi connectivity index (χ2v) is 8.36. The van der Waals surface area contributed by atoms with Crippen LogP contribution in [0.4, 0.5) is 0 Å². The normalized spacial score (nSPS) is 24.5. The molecule has 96 valence electrons. The second kappa shape index (κ2) is 4.79. The van der Waals surface area contributed by atoms with E-state index in [1.165, 1.54) is 25.7 Å². The van der Waals surface area contributed by atoms with Crippen molar-refractivity contribution in [3.05, 3.63) is 0 Å². The number of nitriles is 1. The number of rotatable bonds is 5. The SMILES string of the molecule is CC(C)(C)[S+]([O-])N[C@H](C#N)C(C1CC1)C1CC1. The first kappa shape index (κ1) is 13.2. The molecule has 2 saturated carbocycles. The van der Waals surface area contributed by atoms with E-state index >= 15 is 0 Å². The van der Waals surface area contributed by atoms with Crippen LogP contribution in [0.2, 0.25) is 0 Å². The van der Waals surface area contributed by atoms with E-state index in [1.807, 2.05) is 20.8 Å². The van der Waals surface area contributed by atoms with Gasteiger partial charge in [-0.2, -0.15) is 5.26 Å². The Bertz CT molecular complexity index is 300. The second-order valence-electron chi connectivity index (χ2n) is 6.36. The molecule has 0 radical (unpaired) electrons. The number of hydrogen-bond donors (Lipinski definition) is 1. The Labute approximate surface area is 107 Å². The molecule has 0 aliphatic heterocycles. The van der Waals surface area contributed by atoms with Crippen LogP contribution in [0.1, 0.15) is 46.5 Å². The van der Waals surface area contributed by atoms with Crippen molar-refractivity contribution in [3.8, 4) is 6.07 Å². The van der Waals surface area contributed by atoms with E-state index in [1.54, 1.807) is 0 Å². The molecule has 0 bridgehead atoms. The zero-order chi connectivity index (χ0) is 12.6. The Hall–Kier alpha value is -0.240. The Morgan fingerprint density at radius 2 is 1.71 bits per heavy atom. The highest BCUT2D eigenvalue weighted by Crippen LogP contribution is 2.50. The number of nitrogens with zero attached hydrogens (tertiary/aromatic N) is 1. The van der Waals surface area contributed by atoms with Gasteiger partial charge in [-0.3, -0.25) is 0 Å². The topological polar surface area (TPSA) is 58.9 Å². The van der Waals surface area contributed by atoms with Crippen molar-refractivity contribution in [2.45, 2.75) is 57.2 Å². The lowest BCUT2D eigenvalue weighted by molar-refractivity contribution is 0.353. The molecule has 0 amide bonds. The minimum absolute atomic E-state index is 0.227. The average Bonchev–Trinajstić information content (AvgIpc) is 3.09. The largest absolute Gasteiger partial charge is 0.598 e. The van der Waals surface area contributed by atoms with Crippen LogP contribution in [0.3, 0.4) is 0 Å². The molecule has 0 aromatic heterocycles. The summed E-state index contributed by atoms with van der Waals surface area (Å²) < 4.78 is 14.8. The van der Waals surface area contributed by atoms with Crippen molar-refractivity contribution < 1.29 is 4.55 Å². The first-order valence-corrected chi connectivity index (χ1v) is 7.66. The minimum atomic E-state index is -1.14. The van der Waals surface area contributed by atoms with Crippen LogP contribution in [0.15, 0.2) is 0 Å². The highest BCUT2D eigenvalue weighted by atomic mass is 32.2. The Balaban J connectivity index is 1.97. The van der Waals surface area contributed by atoms with Crippen LogP contribution >= 0.6 is 0 Å². The lowest BCUT2D eigenvalue weighted by atomic mass is 9.91. The summed E-state index contributed by atoms with van der Waals surface area (Å²) in [5.74, 6) is 1.85. The summed E-state index contributed by atoms with van der Waals surface area (Å²) in [6, 6.07) is 2.12. The zero-order valence-corrected chi connectivity index (χ0v) is 11.7. The van der Waals surface area contributed by atoms with Crippen molar-refractivity contribution in [2.24, 2.45) is 17.8 Å². The van der Waals surface area contributed by atoms with Gasteiger partial charge < -0.3 is 4.55 Å². The summed E-state index contributed by atoms with van der Waals surface area (Å²) >= 11 is -1.14. The summed E-state index contributed by atoms with van der Waals surface area (Å²) in [6.45, 7) is 5.81. The van der Waals surface area contributed by atoms with Crippen molar-refractivity contribution in [3.63, 3.8) is 0 Å². The van der Waals surface area contributed by atoms with E-state index in [9.17, 15) is 9.81 Å². The molecule has 2 aliphatic carbocycles. The van der Waals surface area contributed by atoms with E-state index in [-0.39, 0.29) is 10.8 Å². The molecule has 2 atom stereocenters. The molecule has 2 fully saturated rings. The summed E-state index contributed by atoms with van der Waals surface area (Å²) in [4.78, 5) is 0. The molecule has 1 unspecified atom stereocenters. The predicted octanol–water partition coefficient (Wildman–Crippen LogP) is 2.37. The van der Waals surface area contributed by atoms with Gasteiger partial charge in [-0.15, -0.1) is 4.72 Å². The quantitative estimate of drug-likeness (QED) is 0.766. The molecule has 0 saturated heterocycles. The highest BCUT2D eigenvalue weighted by Gasteiger charge is 2.47. The van der Waals surface area contributed by atoms with Gasteiger partial charge in [-0.1, -0.05) is 0 Å². The fourth-order valence-corrected chi connectivity index (χ4v) is 3.17. The zero-order valence-electron chi connectivity index (χ0n) is 10.9. The van der Waals surface area contributed by atoms with Crippen molar-refractivity contribution in [1.29, 1.82) is 5.26 Å². The molecule has 2 aliphatic rings. The molecule has 0 aromatic rings. The van der Waals surface area contributed by atoms with Gasteiger partial charge in [-0.25, -0.2) is 0 Å². The van der Waals surface area contributed by atoms with E-state index in [4.69, 9.17) is 0 Å². The molecule has 4 heteroatoms. The highest BCUT2D eigenvalue weighted by molar-refractivity contribution is 7.90. The first-order chi connectivity index (χ1) is 7.93. The smallest absolute Gasteiger partial charge is 0.142 e. The van der Waals surface area contributed by atoms with Crippen LogP contribution in [0.5, 0.6) is 0 Å². The van der Waals surface area contributed by atoms with Crippen molar-refractivity contribution in [1.82, 2.24) is 4.72 Å². The lowest BCUT2D eigenvalue weighted by Crippen LogP contribution is -2.47. The van der Waals surface area contributed by atoms with Gasteiger partial charge >= 0.3 is 0 Å². The molecular formula is C13H22N2OS. The predicted molar refractivity (Wildman–Crippen MR) is 69.4 cm³/mol. The third-order valence-electron chi connectivity index (χ3n) is 3.65. The van der Waals surface area contributed by atoms with Gasteiger partial charge in [0.1, 0.15) is 10.8 Å². The number of nitrogens with one attached hydrogen (secondary N) is 1. The molecule has 0 spiro atoms. The van der Waals surface area contributed by atoms with Gasteiger partial charge in [0.05, 0.1) is 6.07 Å². The molecule has 1 N–H and O–H groups in total. The number of hydrogen-bond acceptors (Lipinski definition) is 3. The Morgan fingerprint density at radius 3 is 2.00 bits per heavy atom. The summed E-state index contributed by atoms with van der Waals surface area (Å²) in [7, 11) is 0. The molecule has 0 aromatic carbocycles. The van der Waals surface area contributed by atoms with E-state index < -0.39 is 11.4 Å². The van der Waals surface area contributed by atoms with Gasteiger partial charge in [0.2, 0.25) is 0 Å². The summed E-state index contributed by atoms with van der Waals surface area (Å²) in [6.07, 6.45) is 5.01. The van der Waals surface area contributed by atoms with Gasteiger partial charge in [0, 0.05) is 11.4 Å². The minimum Gasteiger partial charge on any atom is -0.598 e. The van der Waals surface area contributed by atoms with Gasteiger partial charge in [0.15, 0.2) is 0 Å². The van der Waals surface area contributed by atoms with Crippen LogP contribution < -0.4 is 4.72 Å². The molecular weight excluding hydrogens is 232 g/mol. The molecule has 3 nitrogen and oxygen atoms in total. The monoisotopic (exact) mass is 254 g/mol. The van der Waals surface area contributed by atoms with Gasteiger partial charge in [-0.05, 0) is 64.2 Å². The van der Waals surface area contributed by atoms with E-state index in [2.05, 4.69) is 10.8 Å². The Morgan fingerprint density at radius 1 is 1.24 bits per heavy atom. The van der Waals surface area contributed by atoms with Gasteiger partial charge in [0.25, 0.3) is 0 Å². The van der Waals surface area contributed by atoms with E-state index in [0.29, 0.717) is 17.8 Å². The fourth-order valence-electron chi connectivity index (χ4n) is 2.37. The van der Waals surface area contributed by atoms with E-state index in [0.717, 1.165) is 0 Å². The van der Waals surface area contributed by atoms with Crippen LogP contribution in [-0.4, -0.2) is 15.3 Å². The first-order valence-electron chi connectivity index (χ1n) is 6.51.